The number of nitrogens with zero attached hydrogens (tertiary/aromatic N) is 3. The lowest BCUT2D eigenvalue weighted by molar-refractivity contribution is -0.131. The van der Waals surface area contributed by atoms with Crippen LogP contribution in [0.2, 0.25) is 0 Å². The third-order valence-electron chi connectivity index (χ3n) is 3.36. The van der Waals surface area contributed by atoms with Crippen molar-refractivity contribution in [3.8, 4) is 6.07 Å². The standard InChI is InChI=1S/C14H15BrFN3O/c15-12-1-2-13(16)11(9-12)10-18-5-7-19(8-6-18)14(20)3-4-17/h1-2,9H,3,5-8,10H2. The highest BCUT2D eigenvalue weighted by molar-refractivity contribution is 9.10. The number of amides is 1. The van der Waals surface area contributed by atoms with Crippen LogP contribution in [0.15, 0.2) is 22.7 Å². The first-order valence-electron chi connectivity index (χ1n) is 6.41. The molecule has 0 atom stereocenters. The molecular weight excluding hydrogens is 325 g/mol. The maximum Gasteiger partial charge on any atom is 0.236 e. The van der Waals surface area contributed by atoms with E-state index in [9.17, 15) is 9.18 Å². The quantitative estimate of drug-likeness (QED) is 0.847. The van der Waals surface area contributed by atoms with Crippen LogP contribution < -0.4 is 0 Å². The molecule has 0 spiro atoms. The number of rotatable bonds is 3. The van der Waals surface area contributed by atoms with Gasteiger partial charge in [0.05, 0.1) is 6.07 Å². The molecule has 0 aromatic heterocycles. The minimum absolute atomic E-state index is 0.0692. The van der Waals surface area contributed by atoms with E-state index < -0.39 is 0 Å². The van der Waals surface area contributed by atoms with Crippen molar-refractivity contribution >= 4 is 21.8 Å². The number of benzene rings is 1. The van der Waals surface area contributed by atoms with Gasteiger partial charge in [-0.25, -0.2) is 4.39 Å². The summed E-state index contributed by atoms with van der Waals surface area (Å²) in [6.07, 6.45) is -0.0692. The second-order valence-electron chi connectivity index (χ2n) is 4.73. The largest absolute Gasteiger partial charge is 0.339 e. The van der Waals surface area contributed by atoms with Gasteiger partial charge in [0.2, 0.25) is 5.91 Å². The van der Waals surface area contributed by atoms with E-state index in [1.54, 1.807) is 17.0 Å². The van der Waals surface area contributed by atoms with E-state index in [0.717, 1.165) is 4.47 Å². The molecule has 1 fully saturated rings. The van der Waals surface area contributed by atoms with Crippen molar-refractivity contribution < 1.29 is 9.18 Å². The number of piperazine rings is 1. The van der Waals surface area contributed by atoms with Gasteiger partial charge in [0.15, 0.2) is 0 Å². The summed E-state index contributed by atoms with van der Waals surface area (Å²) in [7, 11) is 0. The first kappa shape index (κ1) is 14.9. The Morgan fingerprint density at radius 3 is 2.70 bits per heavy atom. The molecule has 0 aliphatic carbocycles. The van der Waals surface area contributed by atoms with Crippen molar-refractivity contribution in [3.63, 3.8) is 0 Å². The SMILES string of the molecule is N#CCC(=O)N1CCN(Cc2cc(Br)ccc2F)CC1. The Morgan fingerprint density at radius 2 is 2.05 bits per heavy atom. The van der Waals surface area contributed by atoms with Crippen LogP contribution in [0.1, 0.15) is 12.0 Å². The molecule has 1 aliphatic heterocycles. The van der Waals surface area contributed by atoms with Crippen LogP contribution in [0.3, 0.4) is 0 Å². The van der Waals surface area contributed by atoms with E-state index >= 15 is 0 Å². The molecule has 1 aromatic rings. The van der Waals surface area contributed by atoms with Gasteiger partial charge in [0.1, 0.15) is 12.2 Å². The highest BCUT2D eigenvalue weighted by Crippen LogP contribution is 2.18. The Balaban J connectivity index is 1.90. The molecule has 106 valence electrons. The summed E-state index contributed by atoms with van der Waals surface area (Å²) >= 11 is 3.34. The fraction of sp³-hybridized carbons (Fsp3) is 0.429. The topological polar surface area (TPSA) is 47.3 Å². The molecule has 1 aliphatic rings. The van der Waals surface area contributed by atoms with E-state index in [4.69, 9.17) is 5.26 Å². The molecule has 0 bridgehead atoms. The average molecular weight is 340 g/mol. The van der Waals surface area contributed by atoms with Gasteiger partial charge in [-0.1, -0.05) is 15.9 Å². The molecule has 1 saturated heterocycles. The van der Waals surface area contributed by atoms with Gasteiger partial charge < -0.3 is 4.90 Å². The molecule has 0 radical (unpaired) electrons. The lowest BCUT2D eigenvalue weighted by atomic mass is 10.2. The Morgan fingerprint density at radius 1 is 1.35 bits per heavy atom. The summed E-state index contributed by atoms with van der Waals surface area (Å²) in [5, 5.41) is 8.52. The monoisotopic (exact) mass is 339 g/mol. The number of carbonyl (C=O) groups excluding carboxylic acids is 1. The van der Waals surface area contributed by atoms with Crippen LogP contribution in [-0.2, 0) is 11.3 Å². The van der Waals surface area contributed by atoms with E-state index in [1.165, 1.54) is 6.07 Å². The summed E-state index contributed by atoms with van der Waals surface area (Å²) in [6, 6.07) is 6.78. The van der Waals surface area contributed by atoms with Gasteiger partial charge >= 0.3 is 0 Å². The van der Waals surface area contributed by atoms with Gasteiger partial charge in [0, 0.05) is 42.8 Å². The van der Waals surface area contributed by atoms with E-state index in [0.29, 0.717) is 38.3 Å². The summed E-state index contributed by atoms with van der Waals surface area (Å²) < 4.78 is 14.5. The first-order valence-corrected chi connectivity index (χ1v) is 7.20. The zero-order valence-corrected chi connectivity index (χ0v) is 12.6. The number of carbonyl (C=O) groups is 1. The molecule has 4 nitrogen and oxygen atoms in total. The highest BCUT2D eigenvalue weighted by atomic mass is 79.9. The number of hydrogen-bond donors (Lipinski definition) is 0. The van der Waals surface area contributed by atoms with Crippen molar-refractivity contribution in [1.82, 2.24) is 9.80 Å². The van der Waals surface area contributed by atoms with Crippen molar-refractivity contribution in [3.05, 3.63) is 34.1 Å². The first-order chi connectivity index (χ1) is 9.60. The van der Waals surface area contributed by atoms with Crippen LogP contribution in [0, 0.1) is 17.1 Å². The fourth-order valence-corrected chi connectivity index (χ4v) is 2.65. The second kappa shape index (κ2) is 6.82. The summed E-state index contributed by atoms with van der Waals surface area (Å²) in [5.41, 5.74) is 0.649. The zero-order chi connectivity index (χ0) is 14.5. The maximum atomic E-state index is 13.7. The molecule has 2 rings (SSSR count). The van der Waals surface area contributed by atoms with E-state index in [-0.39, 0.29) is 18.1 Å². The molecule has 0 saturated carbocycles. The maximum absolute atomic E-state index is 13.7. The van der Waals surface area contributed by atoms with E-state index in [1.807, 2.05) is 6.07 Å². The summed E-state index contributed by atoms with van der Waals surface area (Å²) in [5.74, 6) is -0.336. The van der Waals surface area contributed by atoms with Gasteiger partial charge in [0.25, 0.3) is 0 Å². The number of nitriles is 1. The number of halogens is 2. The fourth-order valence-electron chi connectivity index (χ4n) is 2.24. The van der Waals surface area contributed by atoms with Crippen molar-refractivity contribution in [2.24, 2.45) is 0 Å². The molecule has 20 heavy (non-hydrogen) atoms. The van der Waals surface area contributed by atoms with Crippen molar-refractivity contribution in [2.45, 2.75) is 13.0 Å². The third-order valence-corrected chi connectivity index (χ3v) is 3.85. The van der Waals surface area contributed by atoms with Crippen LogP contribution in [-0.4, -0.2) is 41.9 Å². The van der Waals surface area contributed by atoms with Gasteiger partial charge in [-0.05, 0) is 18.2 Å². The zero-order valence-electron chi connectivity index (χ0n) is 11.0. The molecule has 6 heteroatoms. The third kappa shape index (κ3) is 3.78. The lowest BCUT2D eigenvalue weighted by Gasteiger charge is -2.34. The second-order valence-corrected chi connectivity index (χ2v) is 5.64. The van der Waals surface area contributed by atoms with Gasteiger partial charge in [-0.2, -0.15) is 5.26 Å². The van der Waals surface area contributed by atoms with Crippen LogP contribution >= 0.6 is 15.9 Å². The van der Waals surface area contributed by atoms with Gasteiger partial charge in [-0.3, -0.25) is 9.69 Å². The Hall–Kier alpha value is -1.45. The van der Waals surface area contributed by atoms with Crippen LogP contribution in [0.25, 0.3) is 0 Å². The summed E-state index contributed by atoms with van der Waals surface area (Å²) in [6.45, 7) is 3.12. The highest BCUT2D eigenvalue weighted by Gasteiger charge is 2.21. The normalized spacial score (nSPS) is 15.9. The molecule has 1 aromatic carbocycles. The minimum atomic E-state index is -0.212. The molecule has 0 unspecified atom stereocenters. The predicted octanol–water partition coefficient (Wildman–Crippen LogP) is 2.15. The van der Waals surface area contributed by atoms with E-state index in [2.05, 4.69) is 20.8 Å². The minimum Gasteiger partial charge on any atom is -0.339 e. The molecule has 0 N–H and O–H groups in total. The number of hydrogen-bond acceptors (Lipinski definition) is 3. The molecular formula is C14H15BrFN3O. The summed E-state index contributed by atoms with van der Waals surface area (Å²) in [4.78, 5) is 15.4. The van der Waals surface area contributed by atoms with Gasteiger partial charge in [-0.15, -0.1) is 0 Å². The Kier molecular flexibility index (Phi) is 5.10. The Labute approximate surface area is 125 Å². The molecule has 1 amide bonds. The predicted molar refractivity (Wildman–Crippen MR) is 76.2 cm³/mol. The Bertz CT molecular complexity index is 536. The van der Waals surface area contributed by atoms with Crippen molar-refractivity contribution in [1.29, 1.82) is 5.26 Å². The van der Waals surface area contributed by atoms with Crippen molar-refractivity contribution in [2.75, 3.05) is 26.2 Å². The smallest absolute Gasteiger partial charge is 0.236 e. The lowest BCUT2D eigenvalue weighted by Crippen LogP contribution is -2.48. The van der Waals surface area contributed by atoms with Crippen LogP contribution in [0.4, 0.5) is 4.39 Å². The average Bonchev–Trinajstić information content (AvgIpc) is 2.44. The van der Waals surface area contributed by atoms with Crippen LogP contribution in [0.5, 0.6) is 0 Å². The molecule has 1 heterocycles.